The number of rotatable bonds is 8. The van der Waals surface area contributed by atoms with Crippen LogP contribution in [0.1, 0.15) is 32.9 Å². The summed E-state index contributed by atoms with van der Waals surface area (Å²) in [5.74, 6) is -0.585. The molecule has 0 saturated heterocycles. The summed E-state index contributed by atoms with van der Waals surface area (Å²) in [6.07, 6.45) is 1.00. The summed E-state index contributed by atoms with van der Waals surface area (Å²) in [6, 6.07) is 19.0. The van der Waals surface area contributed by atoms with Gasteiger partial charge in [0.2, 0.25) is 5.78 Å². The quantitative estimate of drug-likeness (QED) is 0.390. The molecule has 0 saturated carbocycles. The molecule has 0 aliphatic heterocycles. The lowest BCUT2D eigenvalue weighted by molar-refractivity contribution is -0.141. The lowest BCUT2D eigenvalue weighted by atomic mass is 10.1. The first kappa shape index (κ1) is 20.9. The van der Waals surface area contributed by atoms with E-state index in [-0.39, 0.29) is 18.8 Å². The first-order valence-electron chi connectivity index (χ1n) is 9.58. The smallest absolute Gasteiger partial charge is 0.310 e. The Hall–Kier alpha value is -2.85. The number of carbonyl (C=O) groups is 2. The van der Waals surface area contributed by atoms with Crippen LogP contribution in [0.2, 0.25) is 5.02 Å². The van der Waals surface area contributed by atoms with Gasteiger partial charge >= 0.3 is 5.97 Å². The number of Topliss-reactive ketones (excluding diaryl/α,β-unsaturated/α-hetero) is 1. The molecule has 0 amide bonds. The van der Waals surface area contributed by atoms with Gasteiger partial charge in [0, 0.05) is 28.5 Å². The summed E-state index contributed by atoms with van der Waals surface area (Å²) in [7, 11) is 0. The maximum atomic E-state index is 12.6. The lowest BCUT2D eigenvalue weighted by Gasteiger charge is -2.10. The van der Waals surface area contributed by atoms with Crippen LogP contribution in [0, 0.1) is 13.8 Å². The van der Waals surface area contributed by atoms with Crippen LogP contribution in [0.3, 0.4) is 0 Å². The van der Waals surface area contributed by atoms with E-state index in [0.717, 1.165) is 34.9 Å². The van der Waals surface area contributed by atoms with Crippen molar-refractivity contribution in [1.29, 1.82) is 0 Å². The number of esters is 1. The fourth-order valence-corrected chi connectivity index (χ4v) is 3.48. The van der Waals surface area contributed by atoms with Gasteiger partial charge in [0.15, 0.2) is 6.61 Å². The second-order valence-electron chi connectivity index (χ2n) is 7.06. The molecule has 1 heterocycles. The van der Waals surface area contributed by atoms with E-state index in [1.165, 1.54) is 5.56 Å². The van der Waals surface area contributed by atoms with Crippen LogP contribution in [0.5, 0.6) is 0 Å². The second kappa shape index (κ2) is 9.57. The van der Waals surface area contributed by atoms with Crippen LogP contribution < -0.4 is 0 Å². The third-order valence-corrected chi connectivity index (χ3v) is 5.22. The zero-order valence-corrected chi connectivity index (χ0v) is 17.4. The fraction of sp³-hybridized carbons (Fsp3) is 0.250. The SMILES string of the molecule is Cc1cc(C(=O)COC(=O)Cc2ccccc2)c(C)n1CCc1ccc(Cl)cc1. The number of ether oxygens (including phenoxy) is 1. The Balaban J connectivity index is 1.58. The van der Waals surface area contributed by atoms with E-state index in [1.54, 1.807) is 0 Å². The van der Waals surface area contributed by atoms with E-state index in [2.05, 4.69) is 4.57 Å². The molecule has 0 aliphatic rings. The molecular weight excluding hydrogens is 386 g/mol. The summed E-state index contributed by atoms with van der Waals surface area (Å²) >= 11 is 5.94. The standard InChI is InChI=1S/C24H24ClNO3/c1-17-14-22(18(2)26(17)13-12-19-8-10-21(25)11-9-19)23(27)16-29-24(28)15-20-6-4-3-5-7-20/h3-11,14H,12-13,15-16H2,1-2H3. The van der Waals surface area contributed by atoms with Crippen molar-refractivity contribution in [2.45, 2.75) is 33.2 Å². The molecule has 0 atom stereocenters. The zero-order valence-electron chi connectivity index (χ0n) is 16.7. The van der Waals surface area contributed by atoms with Gasteiger partial charge in [-0.3, -0.25) is 9.59 Å². The highest BCUT2D eigenvalue weighted by Crippen LogP contribution is 2.18. The number of ketones is 1. The van der Waals surface area contributed by atoms with Gasteiger partial charge in [0.25, 0.3) is 0 Å². The van der Waals surface area contributed by atoms with E-state index in [9.17, 15) is 9.59 Å². The molecule has 3 aromatic rings. The monoisotopic (exact) mass is 409 g/mol. The van der Waals surface area contributed by atoms with Crippen LogP contribution >= 0.6 is 11.6 Å². The Morgan fingerprint density at radius 2 is 1.66 bits per heavy atom. The van der Waals surface area contributed by atoms with Gasteiger partial charge in [-0.2, -0.15) is 0 Å². The minimum absolute atomic E-state index is 0.161. The van der Waals surface area contributed by atoms with Crippen LogP contribution in [0.4, 0.5) is 0 Å². The first-order valence-corrected chi connectivity index (χ1v) is 9.96. The largest absolute Gasteiger partial charge is 0.457 e. The van der Waals surface area contributed by atoms with Crippen molar-refractivity contribution in [2.24, 2.45) is 0 Å². The molecule has 3 rings (SSSR count). The molecule has 0 unspecified atom stereocenters. The third-order valence-electron chi connectivity index (χ3n) is 4.97. The van der Waals surface area contributed by atoms with E-state index < -0.39 is 5.97 Å². The lowest BCUT2D eigenvalue weighted by Crippen LogP contribution is -2.16. The molecule has 0 radical (unpaired) electrons. The highest BCUT2D eigenvalue weighted by Gasteiger charge is 2.17. The topological polar surface area (TPSA) is 48.3 Å². The number of benzene rings is 2. The Morgan fingerprint density at radius 1 is 0.966 bits per heavy atom. The maximum absolute atomic E-state index is 12.6. The van der Waals surface area contributed by atoms with Gasteiger partial charge in [0.1, 0.15) is 0 Å². The summed E-state index contributed by atoms with van der Waals surface area (Å²) < 4.78 is 7.32. The van der Waals surface area contributed by atoms with Crippen molar-refractivity contribution in [3.05, 3.63) is 93.8 Å². The number of halogens is 1. The van der Waals surface area contributed by atoms with Crippen LogP contribution in [0.25, 0.3) is 0 Å². The van der Waals surface area contributed by atoms with Crippen molar-refractivity contribution in [2.75, 3.05) is 6.61 Å². The predicted molar refractivity (Wildman–Crippen MR) is 114 cm³/mol. The van der Waals surface area contributed by atoms with E-state index >= 15 is 0 Å². The maximum Gasteiger partial charge on any atom is 0.310 e. The molecule has 29 heavy (non-hydrogen) atoms. The molecule has 0 spiro atoms. The first-order chi connectivity index (χ1) is 13.9. The van der Waals surface area contributed by atoms with Crippen LogP contribution in [-0.4, -0.2) is 22.9 Å². The van der Waals surface area contributed by atoms with Gasteiger partial charge in [-0.1, -0.05) is 54.1 Å². The molecule has 5 heteroatoms. The van der Waals surface area contributed by atoms with Crippen molar-refractivity contribution in [3.8, 4) is 0 Å². The Kier molecular flexibility index (Phi) is 6.89. The minimum Gasteiger partial charge on any atom is -0.457 e. The summed E-state index contributed by atoms with van der Waals surface area (Å²) in [5, 5.41) is 0.719. The van der Waals surface area contributed by atoms with Crippen molar-refractivity contribution in [3.63, 3.8) is 0 Å². The highest BCUT2D eigenvalue weighted by atomic mass is 35.5. The summed E-state index contributed by atoms with van der Waals surface area (Å²) in [6.45, 7) is 4.43. The van der Waals surface area contributed by atoms with Gasteiger partial charge in [-0.05, 0) is 49.6 Å². The normalized spacial score (nSPS) is 10.7. The van der Waals surface area contributed by atoms with E-state index in [4.69, 9.17) is 16.3 Å². The number of hydrogen-bond donors (Lipinski definition) is 0. The van der Waals surface area contributed by atoms with Crippen LogP contribution in [-0.2, 0) is 28.9 Å². The van der Waals surface area contributed by atoms with Gasteiger partial charge in [-0.25, -0.2) is 0 Å². The number of aryl methyl sites for hydroxylation is 2. The minimum atomic E-state index is -0.402. The number of hydrogen-bond acceptors (Lipinski definition) is 3. The predicted octanol–water partition coefficient (Wildman–Crippen LogP) is 4.97. The van der Waals surface area contributed by atoms with Crippen molar-refractivity contribution < 1.29 is 14.3 Å². The third kappa shape index (κ3) is 5.58. The Bertz CT molecular complexity index is 991. The number of nitrogens with zero attached hydrogens (tertiary/aromatic N) is 1. The Labute approximate surface area is 176 Å². The highest BCUT2D eigenvalue weighted by molar-refractivity contribution is 6.30. The summed E-state index contributed by atoms with van der Waals surface area (Å²) in [5.41, 5.74) is 4.55. The molecule has 0 bridgehead atoms. The molecule has 2 aromatic carbocycles. The second-order valence-corrected chi connectivity index (χ2v) is 7.50. The van der Waals surface area contributed by atoms with Crippen molar-refractivity contribution in [1.82, 2.24) is 4.57 Å². The zero-order chi connectivity index (χ0) is 20.8. The average Bonchev–Trinajstić information content (AvgIpc) is 3.00. The fourth-order valence-electron chi connectivity index (χ4n) is 3.36. The van der Waals surface area contributed by atoms with Gasteiger partial charge in [0.05, 0.1) is 6.42 Å². The molecule has 0 fully saturated rings. The molecular formula is C24H24ClNO3. The molecule has 0 N–H and O–H groups in total. The van der Waals surface area contributed by atoms with Crippen LogP contribution in [0.15, 0.2) is 60.7 Å². The molecule has 1 aromatic heterocycles. The van der Waals surface area contributed by atoms with Crippen molar-refractivity contribution >= 4 is 23.4 Å². The van der Waals surface area contributed by atoms with Gasteiger partial charge < -0.3 is 9.30 Å². The van der Waals surface area contributed by atoms with E-state index in [1.807, 2.05) is 74.5 Å². The average molecular weight is 410 g/mol. The molecule has 0 aliphatic carbocycles. The number of aromatic nitrogens is 1. The number of carbonyl (C=O) groups excluding carboxylic acids is 2. The molecule has 150 valence electrons. The van der Waals surface area contributed by atoms with Gasteiger partial charge in [-0.15, -0.1) is 0 Å². The molecule has 4 nitrogen and oxygen atoms in total. The van der Waals surface area contributed by atoms with E-state index in [0.29, 0.717) is 5.56 Å². The Morgan fingerprint density at radius 3 is 2.34 bits per heavy atom. The summed E-state index contributed by atoms with van der Waals surface area (Å²) in [4.78, 5) is 24.6.